The molecule has 3 fully saturated rings. The van der Waals surface area contributed by atoms with E-state index in [9.17, 15) is 14.4 Å². The summed E-state index contributed by atoms with van der Waals surface area (Å²) in [5, 5.41) is 0. The summed E-state index contributed by atoms with van der Waals surface area (Å²) in [4.78, 5) is 37.6. The number of esters is 3. The molecule has 1 aliphatic carbocycles. The number of carbonyl (C=O) groups is 3. The van der Waals surface area contributed by atoms with Gasteiger partial charge in [-0.1, -0.05) is 24.3 Å². The Balaban J connectivity index is 2.02. The highest BCUT2D eigenvalue weighted by atomic mass is 16.7. The number of fused-ring (bicyclic) bond motifs is 2. The summed E-state index contributed by atoms with van der Waals surface area (Å²) in [5.74, 6) is -1.79. The Hall–Kier alpha value is -2.45. The van der Waals surface area contributed by atoms with Gasteiger partial charge in [0, 0.05) is 30.4 Å². The van der Waals surface area contributed by atoms with E-state index in [0.717, 1.165) is 5.57 Å². The largest absolute Gasteiger partial charge is 0.456 e. The van der Waals surface area contributed by atoms with Gasteiger partial charge in [0.15, 0.2) is 6.10 Å². The Bertz CT molecular complexity index is 964. The summed E-state index contributed by atoms with van der Waals surface area (Å²) in [6, 6.07) is 0. The first-order valence-corrected chi connectivity index (χ1v) is 12.1. The molecule has 0 unspecified atom stereocenters. The Morgan fingerprint density at radius 3 is 1.86 bits per heavy atom. The van der Waals surface area contributed by atoms with Crippen LogP contribution in [-0.2, 0) is 38.1 Å². The topological polar surface area (TPSA) is 104 Å². The Labute approximate surface area is 207 Å². The van der Waals surface area contributed by atoms with Crippen LogP contribution in [0.25, 0.3) is 0 Å². The van der Waals surface area contributed by atoms with E-state index in [1.165, 1.54) is 6.92 Å². The van der Waals surface area contributed by atoms with Gasteiger partial charge >= 0.3 is 17.9 Å². The first-order chi connectivity index (χ1) is 16.3. The van der Waals surface area contributed by atoms with E-state index in [1.807, 2.05) is 20.8 Å². The van der Waals surface area contributed by atoms with Crippen molar-refractivity contribution in [3.63, 3.8) is 0 Å². The van der Waals surface area contributed by atoms with Gasteiger partial charge in [-0.3, -0.25) is 4.79 Å². The fourth-order valence-electron chi connectivity index (χ4n) is 4.80. The van der Waals surface area contributed by atoms with Crippen LogP contribution in [0.15, 0.2) is 35.5 Å². The third-order valence-electron chi connectivity index (χ3n) is 7.68. The van der Waals surface area contributed by atoms with E-state index < -0.39 is 53.5 Å². The van der Waals surface area contributed by atoms with Gasteiger partial charge in [0.1, 0.15) is 23.4 Å². The van der Waals surface area contributed by atoms with E-state index in [-0.39, 0.29) is 12.0 Å². The van der Waals surface area contributed by atoms with Crippen molar-refractivity contribution in [1.82, 2.24) is 0 Å². The second-order valence-electron chi connectivity index (χ2n) is 10.2. The summed E-state index contributed by atoms with van der Waals surface area (Å²) < 4.78 is 29.9. The number of epoxide rings is 2. The number of rotatable bonds is 6. The highest BCUT2D eigenvalue weighted by Gasteiger charge is 2.69. The van der Waals surface area contributed by atoms with Crippen LogP contribution in [0.2, 0.25) is 0 Å². The molecule has 3 rings (SSSR count). The van der Waals surface area contributed by atoms with Crippen molar-refractivity contribution >= 4 is 17.9 Å². The average molecular weight is 491 g/mol. The molecule has 194 valence electrons. The maximum Gasteiger partial charge on any atom is 0.333 e. The fraction of sp³-hybridized carbons (Fsp3) is 0.667. The fourth-order valence-corrected chi connectivity index (χ4v) is 4.80. The van der Waals surface area contributed by atoms with E-state index in [1.54, 1.807) is 39.8 Å². The summed E-state index contributed by atoms with van der Waals surface area (Å²) in [6.07, 6.45) is 1.25. The zero-order chi connectivity index (χ0) is 26.3. The van der Waals surface area contributed by atoms with Crippen LogP contribution in [0.3, 0.4) is 0 Å². The molecule has 8 nitrogen and oxygen atoms in total. The van der Waals surface area contributed by atoms with Gasteiger partial charge in [-0.05, 0) is 54.9 Å². The molecule has 0 N–H and O–H groups in total. The summed E-state index contributed by atoms with van der Waals surface area (Å²) in [6.45, 7) is 18.0. The van der Waals surface area contributed by atoms with Crippen LogP contribution < -0.4 is 0 Å². The van der Waals surface area contributed by atoms with Crippen molar-refractivity contribution in [3.05, 3.63) is 35.5 Å². The number of carbonyl (C=O) groups excluding carboxylic acids is 3. The van der Waals surface area contributed by atoms with E-state index in [0.29, 0.717) is 24.0 Å². The summed E-state index contributed by atoms with van der Waals surface area (Å²) in [7, 11) is 0. The lowest BCUT2D eigenvalue weighted by Crippen LogP contribution is -2.51. The van der Waals surface area contributed by atoms with Gasteiger partial charge in [-0.2, -0.15) is 0 Å². The minimum Gasteiger partial charge on any atom is -0.456 e. The summed E-state index contributed by atoms with van der Waals surface area (Å²) in [5.41, 5.74) is 0.0575. The third kappa shape index (κ3) is 5.38. The first-order valence-electron chi connectivity index (χ1n) is 12.1. The highest BCUT2D eigenvalue weighted by molar-refractivity contribution is 5.88. The predicted molar refractivity (Wildman–Crippen MR) is 128 cm³/mol. The molecule has 2 aliphatic heterocycles. The van der Waals surface area contributed by atoms with Crippen LogP contribution in [0.4, 0.5) is 0 Å². The second-order valence-corrected chi connectivity index (χ2v) is 10.2. The highest BCUT2D eigenvalue weighted by Crippen LogP contribution is 2.54. The molecule has 0 bridgehead atoms. The number of ether oxygens (including phenoxy) is 5. The first kappa shape index (κ1) is 27.1. The van der Waals surface area contributed by atoms with Crippen LogP contribution in [0, 0.1) is 5.92 Å². The van der Waals surface area contributed by atoms with Crippen molar-refractivity contribution in [1.29, 1.82) is 0 Å². The zero-order valence-electron chi connectivity index (χ0n) is 22.0. The Morgan fingerprint density at radius 1 is 0.829 bits per heavy atom. The van der Waals surface area contributed by atoms with Crippen molar-refractivity contribution in [2.24, 2.45) is 5.92 Å². The predicted octanol–water partition coefficient (Wildman–Crippen LogP) is 3.98. The van der Waals surface area contributed by atoms with Gasteiger partial charge in [0.05, 0.1) is 12.2 Å². The third-order valence-corrected chi connectivity index (χ3v) is 7.68. The summed E-state index contributed by atoms with van der Waals surface area (Å²) >= 11 is 0. The molecule has 0 aromatic heterocycles. The number of hydrogen-bond acceptors (Lipinski definition) is 8. The molecule has 0 amide bonds. The standard InChI is InChI=1S/C27H38O8/c1-10-15(5)24(29)32-19-13-21-27(9,35-21)23(31-17(7)28)22(33-25(30)16(6)11-2)18(14(3)4)12-20-26(19,8)34-20/h10-11,18-23H,3,12-13H2,1-2,4-9H3/b15-10-,16-11-/t18-,19+,20+,21-,22+,23+,26-,27-/m1/s1. The molecule has 0 aromatic carbocycles. The minimum absolute atomic E-state index is 0.266. The number of hydrogen-bond donors (Lipinski definition) is 0. The van der Waals surface area contributed by atoms with Gasteiger partial charge in [0.25, 0.3) is 0 Å². The average Bonchev–Trinajstić information content (AvgIpc) is 3.66. The van der Waals surface area contributed by atoms with Crippen molar-refractivity contribution < 1.29 is 38.1 Å². The molecule has 0 radical (unpaired) electrons. The molecule has 8 heteroatoms. The molecule has 35 heavy (non-hydrogen) atoms. The zero-order valence-corrected chi connectivity index (χ0v) is 22.0. The van der Waals surface area contributed by atoms with Crippen LogP contribution in [0.1, 0.15) is 68.2 Å². The molecule has 0 spiro atoms. The van der Waals surface area contributed by atoms with Crippen molar-refractivity contribution in [2.75, 3.05) is 0 Å². The molecule has 0 aromatic rings. The van der Waals surface area contributed by atoms with Crippen LogP contribution >= 0.6 is 0 Å². The molecular formula is C27H38O8. The van der Waals surface area contributed by atoms with Gasteiger partial charge in [-0.15, -0.1) is 0 Å². The molecular weight excluding hydrogens is 452 g/mol. The van der Waals surface area contributed by atoms with Gasteiger partial charge < -0.3 is 23.7 Å². The van der Waals surface area contributed by atoms with E-state index >= 15 is 0 Å². The second kappa shape index (κ2) is 9.90. The Morgan fingerprint density at radius 2 is 1.34 bits per heavy atom. The minimum atomic E-state index is -0.938. The molecule has 1 saturated carbocycles. The van der Waals surface area contributed by atoms with Gasteiger partial charge in [0.2, 0.25) is 0 Å². The van der Waals surface area contributed by atoms with Gasteiger partial charge in [-0.25, -0.2) is 9.59 Å². The lowest BCUT2D eigenvalue weighted by molar-refractivity contribution is -0.174. The maximum absolute atomic E-state index is 12.8. The lowest BCUT2D eigenvalue weighted by Gasteiger charge is -2.36. The van der Waals surface area contributed by atoms with Crippen LogP contribution in [-0.4, -0.2) is 59.6 Å². The molecule has 8 atom stereocenters. The Kier molecular flexibility index (Phi) is 7.67. The normalized spacial score (nSPS) is 38.9. The maximum atomic E-state index is 12.8. The monoisotopic (exact) mass is 490 g/mol. The SMILES string of the molecule is C=C(C)[C@H]1C[C@@H]2O[C@]2(C)[C@@H](OC(=O)/C(C)=C\C)C[C@H]2O[C@@]2(C)[C@@H](OC(C)=O)[C@H]1OC(=O)/C(C)=C\C. The molecule has 2 heterocycles. The quantitative estimate of drug-likeness (QED) is 0.181. The lowest BCUT2D eigenvalue weighted by atomic mass is 9.77. The number of allylic oxidation sites excluding steroid dienone is 2. The van der Waals surface area contributed by atoms with E-state index in [2.05, 4.69) is 6.58 Å². The van der Waals surface area contributed by atoms with Crippen molar-refractivity contribution in [3.8, 4) is 0 Å². The smallest absolute Gasteiger partial charge is 0.333 e. The van der Waals surface area contributed by atoms with Crippen LogP contribution in [0.5, 0.6) is 0 Å². The van der Waals surface area contributed by atoms with E-state index in [4.69, 9.17) is 23.7 Å². The van der Waals surface area contributed by atoms with Crippen molar-refractivity contribution in [2.45, 2.75) is 110 Å². The molecule has 2 saturated heterocycles. The molecule has 3 aliphatic rings.